The van der Waals surface area contributed by atoms with Crippen molar-refractivity contribution in [3.63, 3.8) is 0 Å². The fourth-order valence-corrected chi connectivity index (χ4v) is 1.86. The van der Waals surface area contributed by atoms with E-state index in [0.717, 1.165) is 17.5 Å². The van der Waals surface area contributed by atoms with Crippen molar-refractivity contribution in [2.45, 2.75) is 19.8 Å². The molecule has 0 aliphatic heterocycles. The van der Waals surface area contributed by atoms with Gasteiger partial charge in [-0.1, -0.05) is 43.3 Å². The van der Waals surface area contributed by atoms with Crippen molar-refractivity contribution in [3.8, 4) is 5.75 Å². The number of hydrogen-bond donors (Lipinski definition) is 2. The lowest BCUT2D eigenvalue weighted by Gasteiger charge is -2.01. The molecule has 4 heteroatoms. The summed E-state index contributed by atoms with van der Waals surface area (Å²) in [5.74, 6) is -0.00479. The molecule has 2 aromatic rings. The largest absolute Gasteiger partial charge is 0.508 e. The summed E-state index contributed by atoms with van der Waals surface area (Å²) in [7, 11) is 0. The van der Waals surface area contributed by atoms with Gasteiger partial charge in [0.15, 0.2) is 0 Å². The lowest BCUT2D eigenvalue weighted by Crippen LogP contribution is -2.19. The van der Waals surface area contributed by atoms with Gasteiger partial charge in [-0.3, -0.25) is 4.79 Å². The molecule has 0 atom stereocenters. The molecule has 0 aliphatic rings. The molecule has 0 saturated carbocycles. The summed E-state index contributed by atoms with van der Waals surface area (Å²) in [6.45, 7) is 2.10. The van der Waals surface area contributed by atoms with Gasteiger partial charge in [0, 0.05) is 0 Å². The van der Waals surface area contributed by atoms with Crippen molar-refractivity contribution in [1.82, 2.24) is 5.43 Å². The van der Waals surface area contributed by atoms with Crippen LogP contribution in [0, 0.1) is 0 Å². The minimum atomic E-state index is -0.192. The maximum atomic E-state index is 11.7. The van der Waals surface area contributed by atoms with Gasteiger partial charge in [0.05, 0.1) is 12.6 Å². The number of hydrogen-bond acceptors (Lipinski definition) is 3. The predicted molar refractivity (Wildman–Crippen MR) is 83.4 cm³/mol. The molecule has 0 saturated heterocycles. The van der Waals surface area contributed by atoms with Crippen LogP contribution in [0.3, 0.4) is 0 Å². The Bertz CT molecular complexity index is 616. The quantitative estimate of drug-likeness (QED) is 0.654. The first-order valence-electron chi connectivity index (χ1n) is 6.86. The van der Waals surface area contributed by atoms with Crippen LogP contribution in [0.5, 0.6) is 5.75 Å². The predicted octanol–water partition coefficient (Wildman–Crippen LogP) is 2.65. The van der Waals surface area contributed by atoms with Gasteiger partial charge in [-0.2, -0.15) is 5.10 Å². The molecule has 21 heavy (non-hydrogen) atoms. The third-order valence-corrected chi connectivity index (χ3v) is 3.09. The number of amides is 1. The first-order valence-corrected chi connectivity index (χ1v) is 6.86. The highest BCUT2D eigenvalue weighted by molar-refractivity contribution is 5.83. The SMILES string of the molecule is CCc1ccc(/C=N\NC(=O)Cc2ccc(O)cc2)cc1. The summed E-state index contributed by atoms with van der Waals surface area (Å²) in [6, 6.07) is 14.6. The molecule has 1 amide bonds. The molecule has 0 spiro atoms. The van der Waals surface area contributed by atoms with Crippen molar-refractivity contribution < 1.29 is 9.90 Å². The first-order chi connectivity index (χ1) is 10.2. The smallest absolute Gasteiger partial charge is 0.244 e. The lowest BCUT2D eigenvalue weighted by atomic mass is 10.1. The molecule has 0 radical (unpaired) electrons. The molecule has 0 aliphatic carbocycles. The minimum absolute atomic E-state index is 0.188. The fraction of sp³-hybridized carbons (Fsp3) is 0.176. The van der Waals surface area contributed by atoms with E-state index in [9.17, 15) is 9.90 Å². The number of aromatic hydroxyl groups is 1. The van der Waals surface area contributed by atoms with E-state index in [1.807, 2.05) is 24.3 Å². The number of benzene rings is 2. The number of aryl methyl sites for hydroxylation is 1. The van der Waals surface area contributed by atoms with Gasteiger partial charge in [0.1, 0.15) is 5.75 Å². The Hall–Kier alpha value is -2.62. The Kier molecular flexibility index (Phi) is 5.10. The molecule has 0 fully saturated rings. The number of nitrogens with one attached hydrogen (secondary N) is 1. The van der Waals surface area contributed by atoms with Crippen LogP contribution in [-0.4, -0.2) is 17.2 Å². The number of carbonyl (C=O) groups is 1. The second-order valence-corrected chi connectivity index (χ2v) is 4.73. The summed E-state index contributed by atoms with van der Waals surface area (Å²) in [6.07, 6.45) is 2.85. The number of phenolic OH excluding ortho intramolecular Hbond substituents is 1. The lowest BCUT2D eigenvalue weighted by molar-refractivity contribution is -0.120. The van der Waals surface area contributed by atoms with E-state index in [0.29, 0.717) is 0 Å². The maximum absolute atomic E-state index is 11.7. The third kappa shape index (κ3) is 4.76. The van der Waals surface area contributed by atoms with Gasteiger partial charge < -0.3 is 5.11 Å². The van der Waals surface area contributed by atoms with Crippen molar-refractivity contribution >= 4 is 12.1 Å². The van der Waals surface area contributed by atoms with Gasteiger partial charge in [-0.05, 0) is 35.2 Å². The summed E-state index contributed by atoms with van der Waals surface area (Å²) in [5.41, 5.74) is 5.53. The highest BCUT2D eigenvalue weighted by atomic mass is 16.3. The summed E-state index contributed by atoms with van der Waals surface area (Å²) < 4.78 is 0. The normalized spacial score (nSPS) is 10.7. The van der Waals surface area contributed by atoms with E-state index < -0.39 is 0 Å². The fourth-order valence-electron chi connectivity index (χ4n) is 1.86. The highest BCUT2D eigenvalue weighted by Gasteiger charge is 2.01. The van der Waals surface area contributed by atoms with E-state index >= 15 is 0 Å². The van der Waals surface area contributed by atoms with Crippen LogP contribution in [0.4, 0.5) is 0 Å². The third-order valence-electron chi connectivity index (χ3n) is 3.09. The van der Waals surface area contributed by atoms with Crippen LogP contribution in [-0.2, 0) is 17.6 Å². The zero-order valence-corrected chi connectivity index (χ0v) is 11.9. The van der Waals surface area contributed by atoms with Gasteiger partial charge in [-0.15, -0.1) is 0 Å². The molecule has 2 N–H and O–H groups in total. The summed E-state index contributed by atoms with van der Waals surface area (Å²) >= 11 is 0. The monoisotopic (exact) mass is 282 g/mol. The number of hydrazone groups is 1. The average Bonchev–Trinajstić information content (AvgIpc) is 2.50. The second-order valence-electron chi connectivity index (χ2n) is 4.73. The number of carbonyl (C=O) groups excluding carboxylic acids is 1. The molecule has 0 aromatic heterocycles. The summed E-state index contributed by atoms with van der Waals surface area (Å²) in [5, 5.41) is 13.1. The van der Waals surface area contributed by atoms with E-state index in [2.05, 4.69) is 17.5 Å². The standard InChI is InChI=1S/C17H18N2O2/c1-2-13-3-5-15(6-4-13)12-18-19-17(21)11-14-7-9-16(20)10-8-14/h3-10,12,20H,2,11H2,1H3,(H,19,21)/b18-12-. The van der Waals surface area contributed by atoms with Crippen molar-refractivity contribution in [3.05, 3.63) is 65.2 Å². The van der Waals surface area contributed by atoms with Crippen LogP contribution in [0.1, 0.15) is 23.6 Å². The minimum Gasteiger partial charge on any atom is -0.508 e. The second kappa shape index (κ2) is 7.24. The summed E-state index contributed by atoms with van der Waals surface area (Å²) in [4.78, 5) is 11.7. The Morgan fingerprint density at radius 2 is 1.71 bits per heavy atom. The van der Waals surface area contributed by atoms with Crippen LogP contribution in [0.2, 0.25) is 0 Å². The van der Waals surface area contributed by atoms with E-state index in [1.165, 1.54) is 5.56 Å². The molecular formula is C17H18N2O2. The molecular weight excluding hydrogens is 264 g/mol. The van der Waals surface area contributed by atoms with Crippen molar-refractivity contribution in [2.75, 3.05) is 0 Å². The molecule has 0 bridgehead atoms. The van der Waals surface area contributed by atoms with Gasteiger partial charge in [-0.25, -0.2) is 5.43 Å². The van der Waals surface area contributed by atoms with Crippen molar-refractivity contribution in [2.24, 2.45) is 5.10 Å². The van der Waals surface area contributed by atoms with E-state index in [4.69, 9.17) is 0 Å². The molecule has 4 nitrogen and oxygen atoms in total. The average molecular weight is 282 g/mol. The maximum Gasteiger partial charge on any atom is 0.244 e. The van der Waals surface area contributed by atoms with Gasteiger partial charge in [0.25, 0.3) is 0 Å². The zero-order chi connectivity index (χ0) is 15.1. The van der Waals surface area contributed by atoms with Crippen LogP contribution in [0.25, 0.3) is 0 Å². The molecule has 2 aromatic carbocycles. The van der Waals surface area contributed by atoms with Crippen LogP contribution >= 0.6 is 0 Å². The zero-order valence-electron chi connectivity index (χ0n) is 11.9. The first kappa shape index (κ1) is 14.8. The Morgan fingerprint density at radius 3 is 2.33 bits per heavy atom. The Morgan fingerprint density at radius 1 is 1.10 bits per heavy atom. The van der Waals surface area contributed by atoms with E-state index in [-0.39, 0.29) is 18.1 Å². The number of nitrogens with zero attached hydrogens (tertiary/aromatic N) is 1. The van der Waals surface area contributed by atoms with E-state index in [1.54, 1.807) is 30.5 Å². The van der Waals surface area contributed by atoms with Crippen LogP contribution < -0.4 is 5.43 Å². The number of phenols is 1. The van der Waals surface area contributed by atoms with Gasteiger partial charge >= 0.3 is 0 Å². The van der Waals surface area contributed by atoms with Crippen molar-refractivity contribution in [1.29, 1.82) is 0 Å². The number of rotatable bonds is 5. The topological polar surface area (TPSA) is 61.7 Å². The van der Waals surface area contributed by atoms with Gasteiger partial charge in [0.2, 0.25) is 5.91 Å². The van der Waals surface area contributed by atoms with Crippen LogP contribution in [0.15, 0.2) is 53.6 Å². The Labute approximate surface area is 124 Å². The molecule has 0 heterocycles. The highest BCUT2D eigenvalue weighted by Crippen LogP contribution is 2.09. The molecule has 0 unspecified atom stereocenters. The molecule has 2 rings (SSSR count). The molecule has 108 valence electrons. The Balaban J connectivity index is 1.85.